The lowest BCUT2D eigenvalue weighted by Crippen LogP contribution is -2.35. The summed E-state index contributed by atoms with van der Waals surface area (Å²) >= 11 is 0. The molecule has 0 bridgehead atoms. The molecule has 5 nitrogen and oxygen atoms in total. The van der Waals surface area contributed by atoms with Crippen molar-refractivity contribution in [3.8, 4) is 0 Å². The summed E-state index contributed by atoms with van der Waals surface area (Å²) in [6.07, 6.45) is 4.29. The minimum absolute atomic E-state index is 0.0506. The Kier molecular flexibility index (Phi) is 5.17. The summed E-state index contributed by atoms with van der Waals surface area (Å²) in [4.78, 5) is 18.6. The number of carbonyl (C=O) groups excluding carboxylic acids is 1. The molecule has 0 spiro atoms. The van der Waals surface area contributed by atoms with Gasteiger partial charge in [-0.3, -0.25) is 4.79 Å². The average Bonchev–Trinajstić information content (AvgIpc) is 2.83. The van der Waals surface area contributed by atoms with Crippen molar-refractivity contribution >= 4 is 11.7 Å². The number of aliphatic hydroxyl groups is 1. The molecule has 2 atom stereocenters. The molecule has 116 valence electrons. The average molecular weight is 291 g/mol. The Labute approximate surface area is 126 Å². The number of hydrogen-bond acceptors (Lipinski definition) is 4. The van der Waals surface area contributed by atoms with Crippen molar-refractivity contribution in [1.29, 1.82) is 0 Å². The first kappa shape index (κ1) is 15.8. The smallest absolute Gasteiger partial charge is 0.257 e. The molecular formula is C16H25N3O2. The van der Waals surface area contributed by atoms with Crippen LogP contribution in [0, 0.1) is 5.92 Å². The molecule has 1 aromatic rings. The summed E-state index contributed by atoms with van der Waals surface area (Å²) in [5.41, 5.74) is 0.584. The first-order valence-electron chi connectivity index (χ1n) is 7.64. The Morgan fingerprint density at radius 2 is 2.29 bits per heavy atom. The molecule has 1 saturated carbocycles. The van der Waals surface area contributed by atoms with Gasteiger partial charge in [0.1, 0.15) is 5.82 Å². The zero-order valence-electron chi connectivity index (χ0n) is 13.0. The number of carbonyl (C=O) groups is 1. The van der Waals surface area contributed by atoms with Gasteiger partial charge < -0.3 is 15.3 Å². The summed E-state index contributed by atoms with van der Waals surface area (Å²) in [5.74, 6) is 0.763. The van der Waals surface area contributed by atoms with Gasteiger partial charge >= 0.3 is 0 Å². The van der Waals surface area contributed by atoms with Crippen LogP contribution in [-0.2, 0) is 0 Å². The Hall–Kier alpha value is -1.62. The fourth-order valence-corrected chi connectivity index (χ4v) is 2.84. The molecule has 1 aromatic heterocycles. The van der Waals surface area contributed by atoms with E-state index in [0.29, 0.717) is 17.9 Å². The van der Waals surface area contributed by atoms with Gasteiger partial charge in [0.2, 0.25) is 0 Å². The van der Waals surface area contributed by atoms with E-state index in [0.717, 1.165) is 19.3 Å². The molecule has 2 unspecified atom stereocenters. The second-order valence-corrected chi connectivity index (χ2v) is 6.14. The quantitative estimate of drug-likeness (QED) is 0.872. The van der Waals surface area contributed by atoms with Gasteiger partial charge in [-0.2, -0.15) is 0 Å². The molecule has 1 fully saturated rings. The van der Waals surface area contributed by atoms with E-state index >= 15 is 0 Å². The topological polar surface area (TPSA) is 65.5 Å². The maximum atomic E-state index is 12.6. The van der Waals surface area contributed by atoms with Gasteiger partial charge in [-0.25, -0.2) is 4.98 Å². The van der Waals surface area contributed by atoms with Crippen molar-refractivity contribution in [3.05, 3.63) is 23.9 Å². The number of anilines is 1. The second kappa shape index (κ2) is 6.89. The normalized spacial score (nSPS) is 21.6. The number of rotatable bonds is 5. The number of pyridine rings is 1. The van der Waals surface area contributed by atoms with Crippen LogP contribution in [0.25, 0.3) is 0 Å². The maximum absolute atomic E-state index is 12.6. The molecule has 0 aliphatic heterocycles. The first-order valence-corrected chi connectivity index (χ1v) is 7.64. The highest BCUT2D eigenvalue weighted by Crippen LogP contribution is 2.26. The summed E-state index contributed by atoms with van der Waals surface area (Å²) in [5, 5.41) is 13.1. The molecule has 1 amide bonds. The maximum Gasteiger partial charge on any atom is 0.257 e. The zero-order valence-corrected chi connectivity index (χ0v) is 13.0. The second-order valence-electron chi connectivity index (χ2n) is 6.14. The lowest BCUT2D eigenvalue weighted by Gasteiger charge is -2.24. The standard InChI is InChI=1S/C16H25N3O2/c1-11(2)18-15-13(7-5-9-17-15)16(21)19(3)10-12-6-4-8-14(12)20/h5,7,9,11-12,14,20H,4,6,8,10H2,1-3H3,(H,17,18). The molecule has 1 heterocycles. The molecule has 21 heavy (non-hydrogen) atoms. The van der Waals surface area contributed by atoms with Crippen molar-refractivity contribution in [2.24, 2.45) is 5.92 Å². The third kappa shape index (κ3) is 3.94. The molecular weight excluding hydrogens is 266 g/mol. The van der Waals surface area contributed by atoms with Crippen LogP contribution in [0.2, 0.25) is 0 Å². The van der Waals surface area contributed by atoms with Crippen LogP contribution in [0.3, 0.4) is 0 Å². The van der Waals surface area contributed by atoms with Crippen LogP contribution in [0.4, 0.5) is 5.82 Å². The molecule has 2 N–H and O–H groups in total. The zero-order chi connectivity index (χ0) is 15.4. The van der Waals surface area contributed by atoms with Crippen molar-refractivity contribution in [2.75, 3.05) is 18.9 Å². The largest absolute Gasteiger partial charge is 0.393 e. The Morgan fingerprint density at radius 3 is 2.90 bits per heavy atom. The van der Waals surface area contributed by atoms with E-state index in [1.54, 1.807) is 30.3 Å². The predicted octanol–water partition coefficient (Wildman–Crippen LogP) is 2.13. The molecule has 1 aliphatic carbocycles. The lowest BCUT2D eigenvalue weighted by molar-refractivity contribution is 0.0694. The van der Waals surface area contributed by atoms with Crippen LogP contribution >= 0.6 is 0 Å². The van der Waals surface area contributed by atoms with Crippen LogP contribution in [0.15, 0.2) is 18.3 Å². The summed E-state index contributed by atoms with van der Waals surface area (Å²) < 4.78 is 0. The molecule has 0 aromatic carbocycles. The monoisotopic (exact) mass is 291 g/mol. The van der Waals surface area contributed by atoms with Crippen molar-refractivity contribution in [2.45, 2.75) is 45.3 Å². The molecule has 2 rings (SSSR count). The highest BCUT2D eigenvalue weighted by atomic mass is 16.3. The minimum atomic E-state index is -0.276. The Bertz CT molecular complexity index is 490. The third-order valence-corrected chi connectivity index (χ3v) is 3.94. The minimum Gasteiger partial charge on any atom is -0.393 e. The van der Waals surface area contributed by atoms with Crippen LogP contribution in [0.1, 0.15) is 43.5 Å². The van der Waals surface area contributed by atoms with Gasteiger partial charge in [0.05, 0.1) is 11.7 Å². The third-order valence-electron chi connectivity index (χ3n) is 3.94. The lowest BCUT2D eigenvalue weighted by atomic mass is 10.1. The predicted molar refractivity (Wildman–Crippen MR) is 83.3 cm³/mol. The Morgan fingerprint density at radius 1 is 1.52 bits per heavy atom. The van der Waals surface area contributed by atoms with Crippen molar-refractivity contribution in [1.82, 2.24) is 9.88 Å². The SMILES string of the molecule is CC(C)Nc1ncccc1C(=O)N(C)CC1CCCC1O. The Balaban J connectivity index is 2.08. The fourth-order valence-electron chi connectivity index (χ4n) is 2.84. The van der Waals surface area contributed by atoms with Gasteiger partial charge in [0.25, 0.3) is 5.91 Å². The molecule has 5 heteroatoms. The fraction of sp³-hybridized carbons (Fsp3) is 0.625. The van der Waals surface area contributed by atoms with Gasteiger partial charge in [-0.1, -0.05) is 6.42 Å². The highest BCUT2D eigenvalue weighted by molar-refractivity contribution is 5.98. The number of nitrogens with one attached hydrogen (secondary N) is 1. The van der Waals surface area contributed by atoms with Gasteiger partial charge in [-0.15, -0.1) is 0 Å². The summed E-state index contributed by atoms with van der Waals surface area (Å²) in [7, 11) is 1.79. The number of aromatic nitrogens is 1. The number of aliphatic hydroxyl groups excluding tert-OH is 1. The highest BCUT2D eigenvalue weighted by Gasteiger charge is 2.28. The van der Waals surface area contributed by atoms with Gasteiger partial charge in [0, 0.05) is 31.7 Å². The van der Waals surface area contributed by atoms with E-state index in [9.17, 15) is 9.90 Å². The molecule has 0 saturated heterocycles. The van der Waals surface area contributed by atoms with E-state index < -0.39 is 0 Å². The molecule has 1 aliphatic rings. The summed E-state index contributed by atoms with van der Waals surface area (Å²) in [6.45, 7) is 4.62. The molecule has 0 radical (unpaired) electrons. The van der Waals surface area contributed by atoms with E-state index in [2.05, 4.69) is 10.3 Å². The van der Waals surface area contributed by atoms with E-state index in [1.165, 1.54) is 0 Å². The van der Waals surface area contributed by atoms with Crippen LogP contribution in [0.5, 0.6) is 0 Å². The van der Waals surface area contributed by atoms with Gasteiger partial charge in [0.15, 0.2) is 0 Å². The van der Waals surface area contributed by atoms with Crippen molar-refractivity contribution in [3.63, 3.8) is 0 Å². The van der Waals surface area contributed by atoms with E-state index in [4.69, 9.17) is 0 Å². The van der Waals surface area contributed by atoms with Crippen LogP contribution in [-0.4, -0.2) is 46.6 Å². The summed E-state index contributed by atoms with van der Waals surface area (Å²) in [6, 6.07) is 3.78. The first-order chi connectivity index (χ1) is 9.99. The van der Waals surface area contributed by atoms with E-state index in [1.807, 2.05) is 13.8 Å². The van der Waals surface area contributed by atoms with E-state index in [-0.39, 0.29) is 24.0 Å². The van der Waals surface area contributed by atoms with Crippen LogP contribution < -0.4 is 5.32 Å². The van der Waals surface area contributed by atoms with Gasteiger partial charge in [-0.05, 0) is 38.8 Å². The number of nitrogens with zero attached hydrogens (tertiary/aromatic N) is 2. The number of hydrogen-bond donors (Lipinski definition) is 2. The van der Waals surface area contributed by atoms with Crippen molar-refractivity contribution < 1.29 is 9.90 Å². The number of amides is 1.